The van der Waals surface area contributed by atoms with E-state index in [0.29, 0.717) is 17.5 Å². The van der Waals surface area contributed by atoms with Crippen molar-refractivity contribution in [2.45, 2.75) is 12.3 Å². The van der Waals surface area contributed by atoms with Crippen molar-refractivity contribution in [2.24, 2.45) is 0 Å². The number of fused-ring (bicyclic) bond motifs is 3. The molecule has 7 aromatic carbocycles. The van der Waals surface area contributed by atoms with Crippen LogP contribution in [0.25, 0.3) is 89.1 Å². The topological polar surface area (TPSA) is 51.8 Å². The smallest absolute Gasteiger partial charge is 0.164 e. The van der Waals surface area contributed by atoms with E-state index in [-0.39, 0.29) is 5.92 Å². The minimum atomic E-state index is 0.194. The highest BCUT2D eigenvalue weighted by molar-refractivity contribution is 6.15. The van der Waals surface area contributed by atoms with Gasteiger partial charge in [0.1, 0.15) is 11.2 Å². The first-order valence-corrected chi connectivity index (χ1v) is 16.8. The maximum Gasteiger partial charge on any atom is 0.164 e. The van der Waals surface area contributed by atoms with E-state index in [1.54, 1.807) is 0 Å². The zero-order chi connectivity index (χ0) is 32.1. The summed E-state index contributed by atoms with van der Waals surface area (Å²) in [4.78, 5) is 15.6. The van der Waals surface area contributed by atoms with E-state index in [1.165, 1.54) is 49.7 Å². The molecule has 1 unspecified atom stereocenters. The third kappa shape index (κ3) is 3.83. The largest absolute Gasteiger partial charge is 0.456 e. The molecule has 4 bridgehead atoms. The van der Waals surface area contributed by atoms with Crippen LogP contribution in [0.2, 0.25) is 0 Å². The molecule has 0 aliphatic heterocycles. The van der Waals surface area contributed by atoms with Crippen molar-refractivity contribution in [2.75, 3.05) is 0 Å². The summed E-state index contributed by atoms with van der Waals surface area (Å²) in [6.45, 7) is 0. The summed E-state index contributed by atoms with van der Waals surface area (Å²) < 4.78 is 6.49. The lowest BCUT2D eigenvalue weighted by Gasteiger charge is -2.33. The molecule has 2 aromatic heterocycles. The number of aromatic nitrogens is 3. The molecule has 0 saturated heterocycles. The second-order valence-electron chi connectivity index (χ2n) is 13.1. The Bertz CT molecular complexity index is 2810. The predicted molar refractivity (Wildman–Crippen MR) is 197 cm³/mol. The molecular weight excluding hydrogens is 599 g/mol. The summed E-state index contributed by atoms with van der Waals surface area (Å²) in [6, 6.07) is 51.4. The fourth-order valence-corrected chi connectivity index (χ4v) is 8.39. The summed E-state index contributed by atoms with van der Waals surface area (Å²) in [6.07, 6.45) is 0.877. The number of benzene rings is 7. The summed E-state index contributed by atoms with van der Waals surface area (Å²) in [7, 11) is 0. The summed E-state index contributed by atoms with van der Waals surface area (Å²) in [5, 5.41) is 4.70. The highest BCUT2D eigenvalue weighted by atomic mass is 16.3. The molecule has 1 atom stereocenters. The minimum Gasteiger partial charge on any atom is -0.456 e. The van der Waals surface area contributed by atoms with Gasteiger partial charge in [0, 0.05) is 33.4 Å². The van der Waals surface area contributed by atoms with Gasteiger partial charge in [0.25, 0.3) is 0 Å². The molecule has 0 spiro atoms. The van der Waals surface area contributed by atoms with E-state index in [0.717, 1.165) is 45.0 Å². The Morgan fingerprint density at radius 2 is 1.08 bits per heavy atom. The van der Waals surface area contributed by atoms with Crippen LogP contribution < -0.4 is 0 Å². The average Bonchev–Trinajstić information content (AvgIpc) is 3.56. The maximum atomic E-state index is 6.49. The fourth-order valence-electron chi connectivity index (χ4n) is 8.39. The maximum absolute atomic E-state index is 6.49. The molecule has 2 heterocycles. The number of nitrogens with zero attached hydrogens (tertiary/aromatic N) is 3. The zero-order valence-electron chi connectivity index (χ0n) is 26.4. The van der Waals surface area contributed by atoms with Gasteiger partial charge in [-0.1, -0.05) is 127 Å². The van der Waals surface area contributed by atoms with E-state index in [9.17, 15) is 0 Å². The predicted octanol–water partition coefficient (Wildman–Crippen LogP) is 11.3. The molecule has 228 valence electrons. The first-order valence-electron chi connectivity index (χ1n) is 16.8. The summed E-state index contributed by atoms with van der Waals surface area (Å²) >= 11 is 0. The molecular formula is C45H27N3O. The third-order valence-corrected chi connectivity index (χ3v) is 10.5. The molecule has 11 rings (SSSR count). The van der Waals surface area contributed by atoms with Gasteiger partial charge in [0.2, 0.25) is 0 Å². The van der Waals surface area contributed by atoms with E-state index in [1.807, 2.05) is 18.2 Å². The van der Waals surface area contributed by atoms with Gasteiger partial charge < -0.3 is 4.42 Å². The standard InChI is InChI=1S/C45H27N3O/c1-2-12-27(13-3-1)43-46-44(34-20-8-14-26-11-4-5-15-28(26)34)48-45(47-43)35-24-23-30-32-18-9-21-38-41(32)42-33(19-10-22-39(42)49-38)36-25-37(30)40(35)31-17-7-6-16-29(31)36/h1-24,36H,25H2. The van der Waals surface area contributed by atoms with Crippen molar-refractivity contribution in [3.63, 3.8) is 0 Å². The number of hydrogen-bond acceptors (Lipinski definition) is 4. The van der Waals surface area contributed by atoms with E-state index in [2.05, 4.69) is 127 Å². The van der Waals surface area contributed by atoms with Gasteiger partial charge >= 0.3 is 0 Å². The number of rotatable bonds is 3. The van der Waals surface area contributed by atoms with Gasteiger partial charge in [-0.25, -0.2) is 15.0 Å². The lowest BCUT2D eigenvalue weighted by Crippen LogP contribution is -2.16. The number of hydrogen-bond donors (Lipinski definition) is 0. The van der Waals surface area contributed by atoms with E-state index >= 15 is 0 Å². The highest BCUT2D eigenvalue weighted by Crippen LogP contribution is 2.54. The molecule has 0 N–H and O–H groups in total. The number of furan rings is 1. The monoisotopic (exact) mass is 625 g/mol. The minimum absolute atomic E-state index is 0.194. The van der Waals surface area contributed by atoms with Gasteiger partial charge in [-0.2, -0.15) is 0 Å². The fraction of sp³-hybridized carbons (Fsp3) is 0.0444. The molecule has 0 fully saturated rings. The van der Waals surface area contributed by atoms with Crippen molar-refractivity contribution in [1.29, 1.82) is 0 Å². The van der Waals surface area contributed by atoms with Crippen LogP contribution >= 0.6 is 0 Å². The van der Waals surface area contributed by atoms with Crippen LogP contribution in [0.5, 0.6) is 0 Å². The molecule has 0 amide bonds. The second-order valence-corrected chi connectivity index (χ2v) is 13.1. The zero-order valence-corrected chi connectivity index (χ0v) is 26.4. The van der Waals surface area contributed by atoms with Crippen LogP contribution in [-0.4, -0.2) is 15.0 Å². The van der Waals surface area contributed by atoms with E-state index in [4.69, 9.17) is 19.4 Å². The van der Waals surface area contributed by atoms with E-state index < -0.39 is 0 Å². The quantitative estimate of drug-likeness (QED) is 0.196. The van der Waals surface area contributed by atoms with Crippen LogP contribution in [0.4, 0.5) is 0 Å². The van der Waals surface area contributed by atoms with Gasteiger partial charge in [-0.15, -0.1) is 0 Å². The van der Waals surface area contributed by atoms with Crippen LogP contribution in [0.15, 0.2) is 150 Å². The molecule has 2 aliphatic carbocycles. The Morgan fingerprint density at radius 1 is 0.449 bits per heavy atom. The first-order chi connectivity index (χ1) is 24.3. The molecule has 0 saturated carbocycles. The van der Waals surface area contributed by atoms with Crippen molar-refractivity contribution in [3.8, 4) is 56.4 Å². The average molecular weight is 626 g/mol. The van der Waals surface area contributed by atoms with Crippen molar-refractivity contribution in [1.82, 2.24) is 15.0 Å². The van der Waals surface area contributed by atoms with Gasteiger partial charge in [0.05, 0.1) is 0 Å². The Balaban J connectivity index is 1.24. The van der Waals surface area contributed by atoms with Crippen LogP contribution in [-0.2, 0) is 6.42 Å². The normalized spacial score (nSPS) is 14.2. The van der Waals surface area contributed by atoms with Crippen molar-refractivity contribution in [3.05, 3.63) is 162 Å². The van der Waals surface area contributed by atoms with Gasteiger partial charge in [-0.3, -0.25) is 0 Å². The SMILES string of the molecule is c1ccc(-c2nc(-c3ccc4c5c3-c3ccccc3C(C5)c3cccc5oc6cccc-4c6c35)nc(-c3cccc4ccccc34)n2)cc1. The van der Waals surface area contributed by atoms with Crippen molar-refractivity contribution < 1.29 is 4.42 Å². The Labute approximate surface area is 282 Å². The van der Waals surface area contributed by atoms with Crippen LogP contribution in [0, 0.1) is 0 Å². The summed E-state index contributed by atoms with van der Waals surface area (Å²) in [5.74, 6) is 2.20. The Kier molecular flexibility index (Phi) is 5.47. The molecule has 4 nitrogen and oxygen atoms in total. The highest BCUT2D eigenvalue weighted by Gasteiger charge is 2.34. The first kappa shape index (κ1) is 26.7. The molecule has 49 heavy (non-hydrogen) atoms. The molecule has 2 aliphatic rings. The van der Waals surface area contributed by atoms with Crippen LogP contribution in [0.1, 0.15) is 22.6 Å². The second kappa shape index (κ2) is 10.1. The Hall–Kier alpha value is -6.39. The third-order valence-electron chi connectivity index (χ3n) is 10.5. The summed E-state index contributed by atoms with van der Waals surface area (Å²) in [5.41, 5.74) is 13.7. The van der Waals surface area contributed by atoms with Crippen LogP contribution in [0.3, 0.4) is 0 Å². The lowest BCUT2D eigenvalue weighted by atomic mass is 9.70. The lowest BCUT2D eigenvalue weighted by molar-refractivity contribution is 0.668. The Morgan fingerprint density at radius 3 is 2.00 bits per heavy atom. The molecule has 9 aromatic rings. The molecule has 0 radical (unpaired) electrons. The van der Waals surface area contributed by atoms with Crippen molar-refractivity contribution >= 4 is 32.7 Å². The van der Waals surface area contributed by atoms with Gasteiger partial charge in [0.15, 0.2) is 17.5 Å². The molecule has 4 heteroatoms. The van der Waals surface area contributed by atoms with Gasteiger partial charge in [-0.05, 0) is 74.3 Å².